The first-order valence-electron chi connectivity index (χ1n) is 12.5. The Morgan fingerprint density at radius 3 is 2.42 bits per heavy atom. The largest absolute Gasteiger partial charge is 0.313 e. The van der Waals surface area contributed by atoms with Crippen molar-refractivity contribution in [3.8, 4) is 0 Å². The van der Waals surface area contributed by atoms with Gasteiger partial charge in [0.1, 0.15) is 5.41 Å². The van der Waals surface area contributed by atoms with Crippen LogP contribution in [0, 0.1) is 19.3 Å². The van der Waals surface area contributed by atoms with Gasteiger partial charge in [-0.1, -0.05) is 12.1 Å². The normalized spacial score (nSPS) is 15.4. The quantitative estimate of drug-likeness (QED) is 0.388. The zero-order valence-corrected chi connectivity index (χ0v) is 23.0. The van der Waals surface area contributed by atoms with Crippen LogP contribution in [0.15, 0.2) is 48.8 Å². The second kappa shape index (κ2) is 10.5. The summed E-state index contributed by atoms with van der Waals surface area (Å²) in [6.07, 6.45) is 4.64. The second-order valence-corrected chi connectivity index (χ2v) is 11.5. The van der Waals surface area contributed by atoms with Crippen LogP contribution >= 0.6 is 11.3 Å². The molecular weight excluding hydrogens is 468 g/mol. The molecular formula is C29H36N4O2S. The number of thiophene rings is 1. The summed E-state index contributed by atoms with van der Waals surface area (Å²) in [7, 11) is 1.77. The second-order valence-electron chi connectivity index (χ2n) is 10.1. The molecule has 6 nitrogen and oxygen atoms in total. The molecule has 0 atom stereocenters. The average Bonchev–Trinajstić information content (AvgIpc) is 3.17. The molecule has 0 spiro atoms. The highest BCUT2D eigenvalue weighted by molar-refractivity contribution is 7.12. The number of fused-ring (bicyclic) bond motifs is 1. The number of hydrogen-bond donors (Lipinski definition) is 0. The molecule has 1 aliphatic heterocycles. The molecule has 3 aromatic rings. The lowest BCUT2D eigenvalue weighted by molar-refractivity contribution is -0.137. The minimum absolute atomic E-state index is 0.158. The summed E-state index contributed by atoms with van der Waals surface area (Å²) in [6.45, 7) is 12.7. The van der Waals surface area contributed by atoms with Crippen LogP contribution in [0.5, 0.6) is 0 Å². The molecule has 0 radical (unpaired) electrons. The Morgan fingerprint density at radius 1 is 1.00 bits per heavy atom. The SMILES string of the molecule is CCN1C(=O)C(C)(C)C(=O)N(C)c2cc(CN(CCc3cccnc3)Cc3cc(C)c(C)s3)ccc21. The highest BCUT2D eigenvalue weighted by Crippen LogP contribution is 2.39. The molecule has 0 N–H and O–H groups in total. The molecule has 0 aliphatic carbocycles. The van der Waals surface area contributed by atoms with Crippen molar-refractivity contribution in [3.63, 3.8) is 0 Å². The van der Waals surface area contributed by atoms with Crippen molar-refractivity contribution < 1.29 is 9.59 Å². The monoisotopic (exact) mass is 504 g/mol. The van der Waals surface area contributed by atoms with E-state index in [1.807, 2.05) is 36.6 Å². The van der Waals surface area contributed by atoms with Crippen molar-refractivity contribution in [1.29, 1.82) is 0 Å². The fraction of sp³-hybridized carbons (Fsp3) is 0.414. The summed E-state index contributed by atoms with van der Waals surface area (Å²) < 4.78 is 0. The Labute approximate surface area is 218 Å². The number of pyridine rings is 1. The van der Waals surface area contributed by atoms with E-state index in [1.165, 1.54) is 20.9 Å². The lowest BCUT2D eigenvalue weighted by atomic mass is 9.90. The van der Waals surface area contributed by atoms with Crippen LogP contribution in [0.4, 0.5) is 11.4 Å². The van der Waals surface area contributed by atoms with E-state index in [2.05, 4.69) is 48.0 Å². The topological polar surface area (TPSA) is 56.8 Å². The molecule has 0 saturated carbocycles. The van der Waals surface area contributed by atoms with Crippen molar-refractivity contribution in [1.82, 2.24) is 9.88 Å². The molecule has 190 valence electrons. The Balaban J connectivity index is 1.63. The van der Waals surface area contributed by atoms with Crippen LogP contribution < -0.4 is 9.80 Å². The predicted molar refractivity (Wildman–Crippen MR) is 148 cm³/mol. The number of carbonyl (C=O) groups excluding carboxylic acids is 2. The first-order valence-corrected chi connectivity index (χ1v) is 13.3. The van der Waals surface area contributed by atoms with Gasteiger partial charge in [0.25, 0.3) is 0 Å². The minimum Gasteiger partial charge on any atom is -0.313 e. The molecule has 1 aromatic carbocycles. The van der Waals surface area contributed by atoms with Crippen molar-refractivity contribution >= 4 is 34.5 Å². The molecule has 4 rings (SSSR count). The van der Waals surface area contributed by atoms with E-state index < -0.39 is 5.41 Å². The van der Waals surface area contributed by atoms with Crippen LogP contribution in [0.2, 0.25) is 0 Å². The van der Waals surface area contributed by atoms with E-state index in [4.69, 9.17) is 0 Å². The maximum Gasteiger partial charge on any atom is 0.242 e. The third-order valence-corrected chi connectivity index (χ3v) is 8.21. The lowest BCUT2D eigenvalue weighted by Crippen LogP contribution is -2.47. The van der Waals surface area contributed by atoms with Crippen molar-refractivity contribution in [2.24, 2.45) is 5.41 Å². The fourth-order valence-electron chi connectivity index (χ4n) is 4.80. The van der Waals surface area contributed by atoms with Crippen LogP contribution in [0.1, 0.15) is 47.2 Å². The molecule has 3 heterocycles. The van der Waals surface area contributed by atoms with Crippen LogP contribution in [-0.4, -0.2) is 41.8 Å². The number of aryl methyl sites for hydroxylation is 2. The standard InChI is InChI=1S/C29H36N4O2S/c1-7-33-25-11-10-23(16-26(25)31(6)27(34)29(4,5)28(33)35)18-32(14-12-22-9-8-13-30-17-22)19-24-15-20(2)21(3)36-24/h8-11,13,15-17H,7,12,14,18-19H2,1-6H3. The highest BCUT2D eigenvalue weighted by Gasteiger charge is 2.45. The summed E-state index contributed by atoms with van der Waals surface area (Å²) in [4.78, 5) is 39.2. The third-order valence-electron chi connectivity index (χ3n) is 7.07. The molecule has 2 amide bonds. The van der Waals surface area contributed by atoms with Gasteiger partial charge in [0.2, 0.25) is 11.8 Å². The van der Waals surface area contributed by atoms with Gasteiger partial charge in [0, 0.05) is 55.4 Å². The van der Waals surface area contributed by atoms with Gasteiger partial charge in [-0.15, -0.1) is 11.3 Å². The number of rotatable bonds is 8. The van der Waals surface area contributed by atoms with E-state index in [0.29, 0.717) is 6.54 Å². The van der Waals surface area contributed by atoms with E-state index >= 15 is 0 Å². The first kappa shape index (κ1) is 26.0. The van der Waals surface area contributed by atoms with Gasteiger partial charge in [-0.2, -0.15) is 0 Å². The van der Waals surface area contributed by atoms with Gasteiger partial charge >= 0.3 is 0 Å². The fourth-order valence-corrected chi connectivity index (χ4v) is 5.89. The maximum atomic E-state index is 13.2. The Morgan fingerprint density at radius 2 is 1.78 bits per heavy atom. The van der Waals surface area contributed by atoms with Crippen molar-refractivity contribution in [3.05, 3.63) is 75.2 Å². The lowest BCUT2D eigenvalue weighted by Gasteiger charge is -2.27. The highest BCUT2D eigenvalue weighted by atomic mass is 32.1. The molecule has 2 aromatic heterocycles. The van der Waals surface area contributed by atoms with Crippen molar-refractivity contribution in [2.75, 3.05) is 29.9 Å². The maximum absolute atomic E-state index is 13.2. The molecule has 36 heavy (non-hydrogen) atoms. The Kier molecular flexibility index (Phi) is 7.62. The van der Waals surface area contributed by atoms with Gasteiger partial charge < -0.3 is 9.80 Å². The number of anilines is 2. The van der Waals surface area contributed by atoms with Gasteiger partial charge in [-0.3, -0.25) is 19.5 Å². The molecule has 1 aliphatic rings. The summed E-state index contributed by atoms with van der Waals surface area (Å²) in [5, 5.41) is 0. The summed E-state index contributed by atoms with van der Waals surface area (Å²) in [6, 6.07) is 12.5. The number of benzene rings is 1. The number of carbonyl (C=O) groups is 2. The summed E-state index contributed by atoms with van der Waals surface area (Å²) in [5.74, 6) is -0.338. The summed E-state index contributed by atoms with van der Waals surface area (Å²) >= 11 is 1.85. The minimum atomic E-state index is -1.10. The smallest absolute Gasteiger partial charge is 0.242 e. The van der Waals surface area contributed by atoms with E-state index in [0.717, 1.165) is 43.0 Å². The van der Waals surface area contributed by atoms with Gasteiger partial charge in [0.15, 0.2) is 0 Å². The average molecular weight is 505 g/mol. The molecule has 0 saturated heterocycles. The molecule has 0 fully saturated rings. The number of amides is 2. The third kappa shape index (κ3) is 5.22. The zero-order chi connectivity index (χ0) is 26.0. The van der Waals surface area contributed by atoms with Gasteiger partial charge in [0.05, 0.1) is 11.4 Å². The van der Waals surface area contributed by atoms with E-state index in [1.54, 1.807) is 36.9 Å². The van der Waals surface area contributed by atoms with E-state index in [9.17, 15) is 9.59 Å². The van der Waals surface area contributed by atoms with Crippen LogP contribution in [0.3, 0.4) is 0 Å². The first-order chi connectivity index (χ1) is 17.1. The number of hydrogen-bond acceptors (Lipinski definition) is 5. The number of aromatic nitrogens is 1. The predicted octanol–water partition coefficient (Wildman–Crippen LogP) is 5.36. The van der Waals surface area contributed by atoms with Crippen LogP contribution in [-0.2, 0) is 29.1 Å². The van der Waals surface area contributed by atoms with Gasteiger partial charge in [-0.25, -0.2) is 0 Å². The number of nitrogens with zero attached hydrogens (tertiary/aromatic N) is 4. The molecule has 0 unspecified atom stereocenters. The Hall–Kier alpha value is -3.03. The van der Waals surface area contributed by atoms with Crippen molar-refractivity contribution in [2.45, 2.75) is 54.1 Å². The zero-order valence-electron chi connectivity index (χ0n) is 22.2. The Bertz CT molecular complexity index is 1230. The van der Waals surface area contributed by atoms with Gasteiger partial charge in [-0.05, 0) is 82.0 Å². The molecule has 0 bridgehead atoms. The summed E-state index contributed by atoms with van der Waals surface area (Å²) in [5.41, 5.74) is 4.14. The van der Waals surface area contributed by atoms with Crippen LogP contribution in [0.25, 0.3) is 0 Å². The molecule has 7 heteroatoms. The van der Waals surface area contributed by atoms with E-state index in [-0.39, 0.29) is 11.8 Å².